The molecule has 1 N–H and O–H groups in total. The van der Waals surface area contributed by atoms with Gasteiger partial charge in [0.2, 0.25) is 17.6 Å². The third kappa shape index (κ3) is 5.35. The highest BCUT2D eigenvalue weighted by molar-refractivity contribution is 5.92. The number of likely N-dealkylation sites (tertiary alicyclic amines) is 1. The highest BCUT2D eigenvalue weighted by Crippen LogP contribution is 2.23. The van der Waals surface area contributed by atoms with E-state index in [4.69, 9.17) is 4.52 Å². The third-order valence-electron chi connectivity index (χ3n) is 5.65. The summed E-state index contributed by atoms with van der Waals surface area (Å²) in [7, 11) is 0. The minimum Gasteiger partial charge on any atom is -0.338 e. The Morgan fingerprint density at radius 1 is 1.19 bits per heavy atom. The van der Waals surface area contributed by atoms with Crippen LogP contribution in [0.1, 0.15) is 44.1 Å². The van der Waals surface area contributed by atoms with Gasteiger partial charge in [-0.1, -0.05) is 31.1 Å². The Kier molecular flexibility index (Phi) is 6.42. The van der Waals surface area contributed by atoms with Crippen LogP contribution in [0.25, 0.3) is 11.4 Å². The number of aromatic nitrogens is 2. The summed E-state index contributed by atoms with van der Waals surface area (Å²) < 4.78 is 18.5. The number of nitrogens with one attached hydrogen (secondary N) is 1. The zero-order chi connectivity index (χ0) is 21.8. The lowest BCUT2D eigenvalue weighted by molar-refractivity contribution is -0.121. The van der Waals surface area contributed by atoms with Crippen LogP contribution >= 0.6 is 0 Å². The van der Waals surface area contributed by atoms with Crippen molar-refractivity contribution in [1.82, 2.24) is 15.0 Å². The number of hydrogen-bond donors (Lipinski definition) is 1. The summed E-state index contributed by atoms with van der Waals surface area (Å²) in [4.78, 5) is 19.4. The molecule has 7 heteroatoms. The monoisotopic (exact) mass is 422 g/mol. The Labute approximate surface area is 181 Å². The fraction of sp³-hybridized carbons (Fsp3) is 0.375. The number of piperidine rings is 1. The number of nitrogens with zero attached hydrogens (tertiary/aromatic N) is 3. The van der Waals surface area contributed by atoms with Gasteiger partial charge in [-0.3, -0.25) is 9.69 Å². The first kappa shape index (κ1) is 21.2. The molecule has 162 valence electrons. The van der Waals surface area contributed by atoms with Crippen LogP contribution in [-0.4, -0.2) is 34.0 Å². The molecule has 1 atom stereocenters. The zero-order valence-corrected chi connectivity index (χ0v) is 17.8. The van der Waals surface area contributed by atoms with Crippen molar-refractivity contribution in [3.8, 4) is 11.4 Å². The number of halogens is 1. The van der Waals surface area contributed by atoms with Crippen LogP contribution < -0.4 is 5.32 Å². The molecule has 31 heavy (non-hydrogen) atoms. The molecule has 3 aromatic rings. The number of rotatable bonds is 6. The number of carbonyl (C=O) groups is 1. The normalized spacial score (nSPS) is 17.1. The minimum absolute atomic E-state index is 0.0412. The Morgan fingerprint density at radius 3 is 2.65 bits per heavy atom. The Hall–Kier alpha value is -3.06. The van der Waals surface area contributed by atoms with Crippen molar-refractivity contribution in [3.63, 3.8) is 0 Å². The highest BCUT2D eigenvalue weighted by atomic mass is 19.1. The molecule has 0 spiro atoms. The second kappa shape index (κ2) is 9.39. The second-order valence-corrected chi connectivity index (χ2v) is 8.36. The molecule has 6 nitrogen and oxygen atoms in total. The number of anilines is 1. The molecule has 1 amide bonds. The van der Waals surface area contributed by atoms with Crippen LogP contribution in [0.4, 0.5) is 10.1 Å². The molecule has 2 aromatic carbocycles. The molecule has 4 rings (SSSR count). The van der Waals surface area contributed by atoms with Crippen LogP contribution in [0, 0.1) is 11.7 Å². The zero-order valence-electron chi connectivity index (χ0n) is 17.8. The van der Waals surface area contributed by atoms with Gasteiger partial charge >= 0.3 is 0 Å². The van der Waals surface area contributed by atoms with E-state index in [2.05, 4.69) is 46.3 Å². The summed E-state index contributed by atoms with van der Waals surface area (Å²) in [6.07, 6.45) is 1.79. The molecule has 0 bridgehead atoms. The van der Waals surface area contributed by atoms with E-state index < -0.39 is 0 Å². The maximum Gasteiger partial charge on any atom is 0.241 e. The van der Waals surface area contributed by atoms with Crippen molar-refractivity contribution in [2.75, 3.05) is 18.4 Å². The first-order valence-corrected chi connectivity index (χ1v) is 10.7. The number of benzene rings is 2. The fourth-order valence-corrected chi connectivity index (χ4v) is 3.84. The Balaban J connectivity index is 1.34. The molecule has 0 radical (unpaired) electrons. The van der Waals surface area contributed by atoms with Crippen molar-refractivity contribution in [3.05, 3.63) is 65.8 Å². The molecule has 1 aromatic heterocycles. The molecule has 1 fully saturated rings. The predicted octanol–water partition coefficient (Wildman–Crippen LogP) is 4.85. The summed E-state index contributed by atoms with van der Waals surface area (Å²) in [6.45, 7) is 6.30. The van der Waals surface area contributed by atoms with Gasteiger partial charge in [-0.25, -0.2) is 4.39 Å². The summed E-state index contributed by atoms with van der Waals surface area (Å²) in [5.41, 5.74) is 2.78. The molecule has 1 saturated heterocycles. The maximum atomic E-state index is 13.1. The summed E-state index contributed by atoms with van der Waals surface area (Å²) >= 11 is 0. The molecule has 0 aliphatic carbocycles. The predicted molar refractivity (Wildman–Crippen MR) is 117 cm³/mol. The molecular formula is C24H27FN4O2. The Morgan fingerprint density at radius 2 is 1.94 bits per heavy atom. The van der Waals surface area contributed by atoms with E-state index in [0.717, 1.165) is 25.1 Å². The molecule has 1 aliphatic heterocycles. The quantitative estimate of drug-likeness (QED) is 0.615. The van der Waals surface area contributed by atoms with Crippen molar-refractivity contribution in [2.45, 2.75) is 39.2 Å². The van der Waals surface area contributed by atoms with E-state index >= 15 is 0 Å². The van der Waals surface area contributed by atoms with Crippen molar-refractivity contribution in [1.29, 1.82) is 0 Å². The van der Waals surface area contributed by atoms with E-state index in [1.807, 2.05) is 12.1 Å². The van der Waals surface area contributed by atoms with Gasteiger partial charge in [-0.15, -0.1) is 0 Å². The van der Waals surface area contributed by atoms with Crippen molar-refractivity contribution in [2.24, 2.45) is 5.92 Å². The van der Waals surface area contributed by atoms with E-state index in [1.165, 1.54) is 17.7 Å². The van der Waals surface area contributed by atoms with Gasteiger partial charge in [0.25, 0.3) is 0 Å². The van der Waals surface area contributed by atoms with E-state index in [0.29, 0.717) is 36.3 Å². The molecular weight excluding hydrogens is 395 g/mol. The highest BCUT2D eigenvalue weighted by Gasteiger charge is 2.27. The van der Waals surface area contributed by atoms with Gasteiger partial charge in [0.1, 0.15) is 5.82 Å². The first-order chi connectivity index (χ1) is 15.0. The number of hydrogen-bond acceptors (Lipinski definition) is 5. The van der Waals surface area contributed by atoms with Gasteiger partial charge in [0, 0.05) is 17.8 Å². The lowest BCUT2D eigenvalue weighted by Crippen LogP contribution is -2.40. The van der Waals surface area contributed by atoms with Crippen molar-refractivity contribution < 1.29 is 13.7 Å². The number of amides is 1. The molecule has 2 heterocycles. The summed E-state index contributed by atoms with van der Waals surface area (Å²) in [5.74, 6) is 1.04. The van der Waals surface area contributed by atoms with E-state index in [-0.39, 0.29) is 17.6 Å². The summed E-state index contributed by atoms with van der Waals surface area (Å²) in [6, 6.07) is 14.0. The van der Waals surface area contributed by atoms with Crippen molar-refractivity contribution >= 4 is 11.6 Å². The van der Waals surface area contributed by atoms with Gasteiger partial charge in [-0.05, 0) is 67.3 Å². The topological polar surface area (TPSA) is 71.3 Å². The van der Waals surface area contributed by atoms with Crippen LogP contribution in [0.15, 0.2) is 53.1 Å². The largest absolute Gasteiger partial charge is 0.338 e. The van der Waals surface area contributed by atoms with Gasteiger partial charge in [0.05, 0.1) is 12.5 Å². The SMILES string of the molecule is CC(C)c1ccc(NC(=O)C2CCCN(Cc3nc(-c4ccc(F)cc4)no3)C2)cc1. The van der Waals surface area contributed by atoms with Gasteiger partial charge < -0.3 is 9.84 Å². The van der Waals surface area contributed by atoms with Gasteiger partial charge in [0.15, 0.2) is 0 Å². The first-order valence-electron chi connectivity index (χ1n) is 10.7. The lowest BCUT2D eigenvalue weighted by Gasteiger charge is -2.30. The van der Waals surface area contributed by atoms with Crippen LogP contribution in [-0.2, 0) is 11.3 Å². The standard InChI is InChI=1S/C24H27FN4O2/c1-16(2)17-7-11-21(12-8-17)26-24(30)19-4-3-13-29(14-19)15-22-27-23(28-31-22)18-5-9-20(25)10-6-18/h5-12,16,19H,3-4,13-15H2,1-2H3,(H,26,30). The fourth-order valence-electron chi connectivity index (χ4n) is 3.84. The van der Waals surface area contributed by atoms with Crippen LogP contribution in [0.2, 0.25) is 0 Å². The van der Waals surface area contributed by atoms with E-state index in [1.54, 1.807) is 12.1 Å². The summed E-state index contributed by atoms with van der Waals surface area (Å²) in [5, 5.41) is 7.04. The second-order valence-electron chi connectivity index (χ2n) is 8.36. The lowest BCUT2D eigenvalue weighted by atomic mass is 9.97. The maximum absolute atomic E-state index is 13.1. The van der Waals surface area contributed by atoms with Crippen LogP contribution in [0.5, 0.6) is 0 Å². The number of carbonyl (C=O) groups excluding carboxylic acids is 1. The molecule has 1 unspecified atom stereocenters. The van der Waals surface area contributed by atoms with Crippen LogP contribution in [0.3, 0.4) is 0 Å². The third-order valence-corrected chi connectivity index (χ3v) is 5.65. The minimum atomic E-state index is -0.305. The molecule has 1 aliphatic rings. The van der Waals surface area contributed by atoms with Gasteiger partial charge in [-0.2, -0.15) is 4.98 Å². The van der Waals surface area contributed by atoms with E-state index in [9.17, 15) is 9.18 Å². The average Bonchev–Trinajstić information content (AvgIpc) is 3.23. The average molecular weight is 423 g/mol. The molecule has 0 saturated carbocycles. The smallest absolute Gasteiger partial charge is 0.241 e. The Bertz CT molecular complexity index is 1010.